The van der Waals surface area contributed by atoms with Crippen molar-refractivity contribution in [1.82, 2.24) is 9.88 Å². The molecule has 0 radical (unpaired) electrons. The number of thioether (sulfide) groups is 1. The number of nitrogens with zero attached hydrogens (tertiary/aromatic N) is 1. The van der Waals surface area contributed by atoms with Gasteiger partial charge in [-0.1, -0.05) is 15.9 Å². The summed E-state index contributed by atoms with van der Waals surface area (Å²) in [5.74, 6) is 3.82. The Labute approximate surface area is 163 Å². The van der Waals surface area contributed by atoms with Crippen molar-refractivity contribution in [1.29, 1.82) is 0 Å². The van der Waals surface area contributed by atoms with Gasteiger partial charge in [0.05, 0.1) is 0 Å². The van der Waals surface area contributed by atoms with Crippen molar-refractivity contribution < 1.29 is 0 Å². The molecule has 0 bridgehead atoms. The van der Waals surface area contributed by atoms with Crippen LogP contribution in [0.4, 0.5) is 0 Å². The van der Waals surface area contributed by atoms with Crippen LogP contribution in [0.2, 0.25) is 0 Å². The molecule has 1 saturated heterocycles. The van der Waals surface area contributed by atoms with Crippen LogP contribution in [0.3, 0.4) is 0 Å². The number of aromatic amines is 1. The lowest BCUT2D eigenvalue weighted by molar-refractivity contribution is 0.0876. The van der Waals surface area contributed by atoms with Crippen molar-refractivity contribution >= 4 is 38.6 Å². The van der Waals surface area contributed by atoms with E-state index in [1.165, 1.54) is 65.6 Å². The largest absolute Gasteiger partial charge is 0.358 e. The molecule has 2 aliphatic carbocycles. The number of benzene rings is 1. The molecular weight excluding hydrogens is 392 g/mol. The molecule has 3 atom stereocenters. The maximum absolute atomic E-state index is 3.77. The molecule has 2 heterocycles. The molecule has 0 spiro atoms. The molecule has 1 saturated carbocycles. The SMILES string of the molecule is CSC[C@@H]1C[C@@H]2c3cc(Br)cc4[nH]c(C)c(c34)C[C@H]2N(CC2CC2)C1. The molecule has 2 fully saturated rings. The van der Waals surface area contributed by atoms with Gasteiger partial charge in [-0.2, -0.15) is 11.8 Å². The molecule has 1 aliphatic heterocycles. The summed E-state index contributed by atoms with van der Waals surface area (Å²) in [6, 6.07) is 5.39. The zero-order valence-corrected chi connectivity index (χ0v) is 17.5. The molecule has 2 nitrogen and oxygen atoms in total. The van der Waals surface area contributed by atoms with Crippen molar-refractivity contribution in [3.8, 4) is 0 Å². The number of halogens is 1. The Hall–Kier alpha value is -0.450. The van der Waals surface area contributed by atoms with E-state index < -0.39 is 0 Å². The van der Waals surface area contributed by atoms with Crippen LogP contribution in [0.15, 0.2) is 16.6 Å². The first-order valence-corrected chi connectivity index (χ1v) is 11.9. The monoisotopic (exact) mass is 418 g/mol. The highest BCUT2D eigenvalue weighted by atomic mass is 79.9. The van der Waals surface area contributed by atoms with E-state index in [-0.39, 0.29) is 0 Å². The fourth-order valence-electron chi connectivity index (χ4n) is 5.40. The number of piperidine rings is 1. The molecule has 4 heteroatoms. The van der Waals surface area contributed by atoms with Crippen LogP contribution >= 0.6 is 27.7 Å². The average Bonchev–Trinajstić information content (AvgIpc) is 3.33. The van der Waals surface area contributed by atoms with E-state index in [4.69, 9.17) is 0 Å². The molecule has 25 heavy (non-hydrogen) atoms. The molecule has 0 amide bonds. The Morgan fingerprint density at radius 2 is 2.12 bits per heavy atom. The van der Waals surface area contributed by atoms with Crippen molar-refractivity contribution in [3.05, 3.63) is 33.4 Å². The Balaban J connectivity index is 1.59. The molecule has 1 aromatic heterocycles. The first kappa shape index (κ1) is 16.7. The number of aromatic nitrogens is 1. The van der Waals surface area contributed by atoms with Crippen LogP contribution in [0.5, 0.6) is 0 Å². The first-order chi connectivity index (χ1) is 12.1. The molecule has 5 rings (SSSR count). The topological polar surface area (TPSA) is 19.0 Å². The lowest BCUT2D eigenvalue weighted by Crippen LogP contribution is -2.51. The van der Waals surface area contributed by atoms with Gasteiger partial charge in [-0.05, 0) is 79.7 Å². The van der Waals surface area contributed by atoms with Crippen LogP contribution in [-0.4, -0.2) is 41.0 Å². The highest BCUT2D eigenvalue weighted by Crippen LogP contribution is 2.48. The van der Waals surface area contributed by atoms with Gasteiger partial charge in [0, 0.05) is 46.1 Å². The van der Waals surface area contributed by atoms with Crippen molar-refractivity contribution in [2.45, 2.75) is 44.6 Å². The molecule has 3 aliphatic rings. The van der Waals surface area contributed by atoms with E-state index in [1.54, 1.807) is 11.1 Å². The summed E-state index contributed by atoms with van der Waals surface area (Å²) >= 11 is 5.80. The highest BCUT2D eigenvalue weighted by molar-refractivity contribution is 9.10. The van der Waals surface area contributed by atoms with E-state index in [0.717, 1.165) is 11.8 Å². The fraction of sp³-hybridized carbons (Fsp3) is 0.619. The maximum Gasteiger partial charge on any atom is 0.0473 e. The highest BCUT2D eigenvalue weighted by Gasteiger charge is 2.42. The number of aryl methyl sites for hydroxylation is 1. The number of likely N-dealkylation sites (tertiary alicyclic amines) is 1. The summed E-state index contributed by atoms with van der Waals surface area (Å²) in [4.78, 5) is 6.54. The van der Waals surface area contributed by atoms with Crippen LogP contribution in [0.25, 0.3) is 10.9 Å². The van der Waals surface area contributed by atoms with Gasteiger partial charge >= 0.3 is 0 Å². The predicted octanol–water partition coefficient (Wildman–Crippen LogP) is 5.34. The van der Waals surface area contributed by atoms with Gasteiger partial charge in [0.25, 0.3) is 0 Å². The molecule has 1 aromatic carbocycles. The number of H-pyrrole nitrogens is 1. The minimum absolute atomic E-state index is 0.701. The summed E-state index contributed by atoms with van der Waals surface area (Å²) in [6.07, 6.45) is 7.78. The molecular formula is C21H27BrN2S. The van der Waals surface area contributed by atoms with Gasteiger partial charge < -0.3 is 4.98 Å². The van der Waals surface area contributed by atoms with E-state index in [1.807, 2.05) is 11.8 Å². The van der Waals surface area contributed by atoms with Crippen LogP contribution in [0, 0.1) is 18.8 Å². The number of hydrogen-bond acceptors (Lipinski definition) is 2. The predicted molar refractivity (Wildman–Crippen MR) is 112 cm³/mol. The third-order valence-electron chi connectivity index (χ3n) is 6.63. The Morgan fingerprint density at radius 1 is 1.28 bits per heavy atom. The van der Waals surface area contributed by atoms with Gasteiger partial charge in [0.1, 0.15) is 0 Å². The summed E-state index contributed by atoms with van der Waals surface area (Å²) in [7, 11) is 0. The lowest BCUT2D eigenvalue weighted by atomic mass is 9.72. The third kappa shape index (κ3) is 2.89. The second kappa shape index (κ2) is 6.31. The second-order valence-electron chi connectivity index (χ2n) is 8.48. The number of hydrogen-bond donors (Lipinski definition) is 1. The van der Waals surface area contributed by atoms with E-state index in [0.29, 0.717) is 12.0 Å². The molecule has 0 unspecified atom stereocenters. The smallest absolute Gasteiger partial charge is 0.0473 e. The first-order valence-electron chi connectivity index (χ1n) is 9.67. The summed E-state index contributed by atoms with van der Waals surface area (Å²) in [5.41, 5.74) is 5.90. The lowest BCUT2D eigenvalue weighted by Gasteiger charge is -2.47. The molecule has 1 N–H and O–H groups in total. The number of nitrogens with one attached hydrogen (secondary N) is 1. The van der Waals surface area contributed by atoms with Crippen LogP contribution in [0.1, 0.15) is 42.0 Å². The second-order valence-corrected chi connectivity index (χ2v) is 10.3. The Bertz CT molecular complexity index is 810. The molecule has 2 aromatic rings. The van der Waals surface area contributed by atoms with Crippen LogP contribution < -0.4 is 0 Å². The standard InChI is InChI=1S/C21H27BrN2S/c1-12-16-8-20-17(18-6-15(22)7-19(23-12)21(16)18)5-14(11-25-2)10-24(20)9-13-3-4-13/h6-7,13-14,17,20,23H,3-5,8-11H2,1-2H3/t14-,17-,20-/m1/s1. The quantitative estimate of drug-likeness (QED) is 0.721. The zero-order valence-electron chi connectivity index (χ0n) is 15.1. The van der Waals surface area contributed by atoms with Gasteiger partial charge in [-0.15, -0.1) is 0 Å². The minimum atomic E-state index is 0.701. The Morgan fingerprint density at radius 3 is 2.88 bits per heavy atom. The van der Waals surface area contributed by atoms with Crippen molar-refractivity contribution in [2.24, 2.45) is 11.8 Å². The maximum atomic E-state index is 3.77. The third-order valence-corrected chi connectivity index (χ3v) is 7.89. The van der Waals surface area contributed by atoms with Crippen molar-refractivity contribution in [2.75, 3.05) is 25.1 Å². The minimum Gasteiger partial charge on any atom is -0.358 e. The van der Waals surface area contributed by atoms with Gasteiger partial charge in [0.2, 0.25) is 0 Å². The summed E-state index contributed by atoms with van der Waals surface area (Å²) in [5, 5.41) is 1.54. The van der Waals surface area contributed by atoms with Gasteiger partial charge in [-0.3, -0.25) is 4.90 Å². The summed E-state index contributed by atoms with van der Waals surface area (Å²) in [6.45, 7) is 4.91. The van der Waals surface area contributed by atoms with E-state index >= 15 is 0 Å². The zero-order chi connectivity index (χ0) is 17.1. The van der Waals surface area contributed by atoms with E-state index in [2.05, 4.69) is 51.1 Å². The number of rotatable bonds is 4. The summed E-state index contributed by atoms with van der Waals surface area (Å²) < 4.78 is 1.23. The fourth-order valence-corrected chi connectivity index (χ4v) is 6.59. The normalized spacial score (nSPS) is 29.2. The van der Waals surface area contributed by atoms with Crippen molar-refractivity contribution in [3.63, 3.8) is 0 Å². The average molecular weight is 419 g/mol. The Kier molecular flexibility index (Phi) is 4.22. The number of fused-ring (bicyclic) bond motifs is 2. The van der Waals surface area contributed by atoms with Gasteiger partial charge in [0.15, 0.2) is 0 Å². The van der Waals surface area contributed by atoms with Gasteiger partial charge in [-0.25, -0.2) is 0 Å². The van der Waals surface area contributed by atoms with E-state index in [9.17, 15) is 0 Å². The van der Waals surface area contributed by atoms with Crippen LogP contribution in [-0.2, 0) is 6.42 Å². The molecule has 134 valence electrons.